The SMILES string of the molecule is CCCC(N)c1cccc(C(C(C)=O)[Si](C)(C)C)c1. The summed E-state index contributed by atoms with van der Waals surface area (Å²) in [4.78, 5) is 12.0. The zero-order chi connectivity index (χ0) is 14.6. The van der Waals surface area contributed by atoms with Crippen LogP contribution in [-0.2, 0) is 4.79 Å². The fourth-order valence-electron chi connectivity index (χ4n) is 2.79. The maximum Gasteiger partial charge on any atom is 0.134 e. The molecule has 0 radical (unpaired) electrons. The van der Waals surface area contributed by atoms with Crippen LogP contribution in [0.3, 0.4) is 0 Å². The Morgan fingerprint density at radius 3 is 2.32 bits per heavy atom. The third kappa shape index (κ3) is 4.29. The molecule has 19 heavy (non-hydrogen) atoms. The number of rotatable bonds is 6. The minimum absolute atomic E-state index is 0.0706. The van der Waals surface area contributed by atoms with Crippen molar-refractivity contribution in [1.29, 1.82) is 0 Å². The highest BCUT2D eigenvalue weighted by Crippen LogP contribution is 2.30. The molecule has 0 fully saturated rings. The van der Waals surface area contributed by atoms with Gasteiger partial charge in [0, 0.05) is 11.6 Å². The molecule has 0 spiro atoms. The van der Waals surface area contributed by atoms with Crippen molar-refractivity contribution in [3.8, 4) is 0 Å². The molecule has 2 N–H and O–H groups in total. The van der Waals surface area contributed by atoms with E-state index in [1.807, 2.05) is 6.07 Å². The van der Waals surface area contributed by atoms with Gasteiger partial charge in [-0.2, -0.15) is 0 Å². The summed E-state index contributed by atoms with van der Waals surface area (Å²) < 4.78 is 0. The van der Waals surface area contributed by atoms with Crippen molar-refractivity contribution < 1.29 is 4.79 Å². The second-order valence-corrected chi connectivity index (χ2v) is 11.8. The van der Waals surface area contributed by atoms with Gasteiger partial charge in [-0.25, -0.2) is 0 Å². The van der Waals surface area contributed by atoms with Crippen LogP contribution in [0.4, 0.5) is 0 Å². The number of hydrogen-bond donors (Lipinski definition) is 1. The Hall–Kier alpha value is -0.933. The van der Waals surface area contributed by atoms with Crippen LogP contribution in [0.15, 0.2) is 24.3 Å². The Bertz CT molecular complexity index is 437. The van der Waals surface area contributed by atoms with Crippen LogP contribution in [0.25, 0.3) is 0 Å². The van der Waals surface area contributed by atoms with Crippen LogP contribution in [0.1, 0.15) is 49.4 Å². The lowest BCUT2D eigenvalue weighted by molar-refractivity contribution is -0.116. The van der Waals surface area contributed by atoms with Gasteiger partial charge in [0.15, 0.2) is 0 Å². The van der Waals surface area contributed by atoms with E-state index in [9.17, 15) is 4.79 Å². The Morgan fingerprint density at radius 1 is 1.26 bits per heavy atom. The normalized spacial score (nSPS) is 15.1. The van der Waals surface area contributed by atoms with E-state index in [-0.39, 0.29) is 17.4 Å². The maximum absolute atomic E-state index is 12.0. The van der Waals surface area contributed by atoms with E-state index in [4.69, 9.17) is 5.73 Å². The standard InChI is InChI=1S/C16H27NOSi/c1-6-8-15(17)13-9-7-10-14(11-13)16(12(2)18)19(3,4)5/h7,9-11,15-16H,6,8,17H2,1-5H3. The van der Waals surface area contributed by atoms with Gasteiger partial charge < -0.3 is 5.73 Å². The minimum Gasteiger partial charge on any atom is -0.324 e. The van der Waals surface area contributed by atoms with Gasteiger partial charge in [-0.05, 0) is 24.5 Å². The second kappa shape index (κ2) is 6.48. The van der Waals surface area contributed by atoms with Crippen molar-refractivity contribution in [2.45, 2.75) is 57.9 Å². The third-order valence-corrected chi connectivity index (χ3v) is 6.02. The van der Waals surface area contributed by atoms with Crippen molar-refractivity contribution in [2.75, 3.05) is 0 Å². The summed E-state index contributed by atoms with van der Waals surface area (Å²) in [6.45, 7) is 10.6. The number of nitrogens with two attached hydrogens (primary N) is 1. The van der Waals surface area contributed by atoms with Crippen LogP contribution in [0.5, 0.6) is 0 Å². The number of hydrogen-bond acceptors (Lipinski definition) is 2. The van der Waals surface area contributed by atoms with E-state index < -0.39 is 8.07 Å². The van der Waals surface area contributed by atoms with E-state index in [0.717, 1.165) is 24.0 Å². The van der Waals surface area contributed by atoms with Gasteiger partial charge in [-0.1, -0.05) is 57.3 Å². The average molecular weight is 277 g/mol. The molecule has 0 aromatic heterocycles. The Labute approximate surface area is 118 Å². The third-order valence-electron chi connectivity index (χ3n) is 3.54. The van der Waals surface area contributed by atoms with Crippen molar-refractivity contribution in [3.05, 3.63) is 35.4 Å². The molecule has 0 saturated heterocycles. The lowest BCUT2D eigenvalue weighted by Crippen LogP contribution is -2.35. The van der Waals surface area contributed by atoms with Gasteiger partial charge in [0.2, 0.25) is 0 Å². The van der Waals surface area contributed by atoms with Gasteiger partial charge in [0.05, 0.1) is 8.07 Å². The van der Waals surface area contributed by atoms with Crippen LogP contribution in [0.2, 0.25) is 19.6 Å². The Morgan fingerprint density at radius 2 is 1.84 bits per heavy atom. The highest BCUT2D eigenvalue weighted by Gasteiger charge is 2.32. The van der Waals surface area contributed by atoms with E-state index in [0.29, 0.717) is 0 Å². The first-order valence-corrected chi connectivity index (χ1v) is 10.7. The molecule has 3 heteroatoms. The van der Waals surface area contributed by atoms with E-state index in [2.05, 4.69) is 44.8 Å². The zero-order valence-electron chi connectivity index (χ0n) is 12.9. The smallest absolute Gasteiger partial charge is 0.134 e. The van der Waals surface area contributed by atoms with Crippen LogP contribution in [0, 0.1) is 0 Å². The van der Waals surface area contributed by atoms with Crippen molar-refractivity contribution >= 4 is 13.9 Å². The van der Waals surface area contributed by atoms with Gasteiger partial charge in [0.1, 0.15) is 5.78 Å². The topological polar surface area (TPSA) is 43.1 Å². The highest BCUT2D eigenvalue weighted by atomic mass is 28.3. The molecule has 0 aliphatic heterocycles. The average Bonchev–Trinajstić information content (AvgIpc) is 2.27. The zero-order valence-corrected chi connectivity index (χ0v) is 13.9. The molecule has 2 unspecified atom stereocenters. The second-order valence-electron chi connectivity index (χ2n) is 6.47. The molecule has 0 heterocycles. The van der Waals surface area contributed by atoms with Gasteiger partial charge in [-0.15, -0.1) is 0 Å². The summed E-state index contributed by atoms with van der Waals surface area (Å²) >= 11 is 0. The quantitative estimate of drug-likeness (QED) is 0.798. The molecule has 106 valence electrons. The first-order valence-electron chi connectivity index (χ1n) is 7.13. The minimum atomic E-state index is -1.56. The lowest BCUT2D eigenvalue weighted by Gasteiger charge is -2.27. The molecular formula is C16H27NOSi. The molecular weight excluding hydrogens is 250 g/mol. The molecule has 0 aliphatic carbocycles. The number of benzene rings is 1. The predicted molar refractivity (Wildman–Crippen MR) is 85.0 cm³/mol. The van der Waals surface area contributed by atoms with Gasteiger partial charge >= 0.3 is 0 Å². The van der Waals surface area contributed by atoms with E-state index in [1.165, 1.54) is 0 Å². The largest absolute Gasteiger partial charge is 0.324 e. The van der Waals surface area contributed by atoms with Crippen LogP contribution in [-0.4, -0.2) is 13.9 Å². The fraction of sp³-hybridized carbons (Fsp3) is 0.562. The molecule has 1 aromatic rings. The summed E-state index contributed by atoms with van der Waals surface area (Å²) in [7, 11) is -1.56. The van der Waals surface area contributed by atoms with Crippen molar-refractivity contribution in [2.24, 2.45) is 5.73 Å². The maximum atomic E-state index is 12.0. The summed E-state index contributed by atoms with van der Waals surface area (Å²) in [6, 6.07) is 8.41. The number of ketones is 1. The lowest BCUT2D eigenvalue weighted by atomic mass is 9.99. The summed E-state index contributed by atoms with van der Waals surface area (Å²) in [5, 5.41) is 0. The molecule has 0 saturated carbocycles. The fourth-order valence-corrected chi connectivity index (χ4v) is 5.19. The molecule has 2 atom stereocenters. The number of carbonyl (C=O) groups is 1. The van der Waals surface area contributed by atoms with Crippen molar-refractivity contribution in [1.82, 2.24) is 0 Å². The molecule has 0 bridgehead atoms. The highest BCUT2D eigenvalue weighted by molar-refractivity contribution is 6.80. The number of carbonyl (C=O) groups excluding carboxylic acids is 1. The van der Waals surface area contributed by atoms with E-state index >= 15 is 0 Å². The molecule has 1 rings (SSSR count). The summed E-state index contributed by atoms with van der Waals surface area (Å²) in [6.07, 6.45) is 2.07. The number of Topliss-reactive ketones (excluding diaryl/α,β-unsaturated/α-hetero) is 1. The first kappa shape index (κ1) is 16.1. The Kier molecular flexibility index (Phi) is 5.50. The van der Waals surface area contributed by atoms with Crippen molar-refractivity contribution in [3.63, 3.8) is 0 Å². The molecule has 2 nitrogen and oxygen atoms in total. The monoisotopic (exact) mass is 277 g/mol. The van der Waals surface area contributed by atoms with E-state index in [1.54, 1.807) is 6.92 Å². The Balaban J connectivity index is 3.12. The summed E-state index contributed by atoms with van der Waals surface area (Å²) in [5.41, 5.74) is 8.56. The molecule has 1 aromatic carbocycles. The van der Waals surface area contributed by atoms with Gasteiger partial charge in [0.25, 0.3) is 0 Å². The summed E-state index contributed by atoms with van der Waals surface area (Å²) in [5.74, 6) is 0.278. The van der Waals surface area contributed by atoms with Crippen LogP contribution >= 0.6 is 0 Å². The molecule has 0 aliphatic rings. The predicted octanol–water partition coefficient (Wildman–Crippen LogP) is 4.04. The first-order chi connectivity index (χ1) is 8.77. The van der Waals surface area contributed by atoms with Gasteiger partial charge in [-0.3, -0.25) is 4.79 Å². The molecule has 0 amide bonds. The van der Waals surface area contributed by atoms with Crippen LogP contribution < -0.4 is 5.73 Å².